The minimum absolute atomic E-state index is 0.0705. The van der Waals surface area contributed by atoms with Crippen molar-refractivity contribution in [2.45, 2.75) is 24.4 Å². The third-order valence-corrected chi connectivity index (χ3v) is 5.91. The van der Waals surface area contributed by atoms with Crippen LogP contribution in [0.2, 0.25) is 5.02 Å². The molecule has 0 aliphatic rings. The summed E-state index contributed by atoms with van der Waals surface area (Å²) in [5, 5.41) is 1.89. The van der Waals surface area contributed by atoms with Crippen LogP contribution in [0.3, 0.4) is 0 Å². The summed E-state index contributed by atoms with van der Waals surface area (Å²) in [5.74, 6) is 1.81. The molecule has 0 amide bonds. The van der Waals surface area contributed by atoms with Crippen molar-refractivity contribution in [3.05, 3.63) is 75.4 Å². The molecule has 0 aliphatic carbocycles. The van der Waals surface area contributed by atoms with E-state index in [1.165, 1.54) is 11.8 Å². The third-order valence-electron chi connectivity index (χ3n) is 4.67. The Morgan fingerprint density at radius 1 is 1.13 bits per heavy atom. The van der Waals surface area contributed by atoms with Gasteiger partial charge in [0.2, 0.25) is 5.89 Å². The predicted octanol–water partition coefficient (Wildman–Crippen LogP) is 4.95. The predicted molar refractivity (Wildman–Crippen MR) is 119 cm³/mol. The van der Waals surface area contributed by atoms with E-state index >= 15 is 0 Å². The summed E-state index contributed by atoms with van der Waals surface area (Å²) in [5.41, 5.74) is 2.28. The number of hydrogen-bond donors (Lipinski definition) is 0. The number of thioether (sulfide) groups is 1. The SMILES string of the molecule is COCCn1c(SCc2nc(-c3ccc(Cl)cc3)oc2C)nc2ccccc2c1=O. The van der Waals surface area contributed by atoms with Crippen molar-refractivity contribution < 1.29 is 9.15 Å². The number of aromatic nitrogens is 3. The van der Waals surface area contributed by atoms with Crippen LogP contribution in [0.4, 0.5) is 0 Å². The van der Waals surface area contributed by atoms with E-state index in [4.69, 9.17) is 25.7 Å². The van der Waals surface area contributed by atoms with Gasteiger partial charge >= 0.3 is 0 Å². The normalized spacial score (nSPS) is 11.3. The summed E-state index contributed by atoms with van der Waals surface area (Å²) in [7, 11) is 1.61. The Morgan fingerprint density at radius 2 is 1.90 bits per heavy atom. The second kappa shape index (κ2) is 9.04. The third kappa shape index (κ3) is 4.28. The van der Waals surface area contributed by atoms with E-state index in [9.17, 15) is 4.79 Å². The number of rotatable bonds is 7. The minimum atomic E-state index is -0.0705. The molecule has 0 saturated carbocycles. The van der Waals surface area contributed by atoms with Crippen molar-refractivity contribution in [3.8, 4) is 11.5 Å². The van der Waals surface area contributed by atoms with Crippen molar-refractivity contribution in [3.63, 3.8) is 0 Å². The lowest BCUT2D eigenvalue weighted by molar-refractivity contribution is 0.183. The van der Waals surface area contributed by atoms with Gasteiger partial charge in [0, 0.05) is 23.4 Å². The first-order valence-corrected chi connectivity index (χ1v) is 10.8. The van der Waals surface area contributed by atoms with Crippen molar-refractivity contribution in [2.75, 3.05) is 13.7 Å². The second-order valence-electron chi connectivity index (χ2n) is 6.68. The van der Waals surface area contributed by atoms with Gasteiger partial charge in [-0.05, 0) is 43.3 Å². The first-order chi connectivity index (χ1) is 14.6. The molecule has 0 spiro atoms. The molecule has 0 N–H and O–H groups in total. The molecule has 0 radical (unpaired) electrons. The molecule has 8 heteroatoms. The fourth-order valence-electron chi connectivity index (χ4n) is 3.05. The number of halogens is 1. The number of aryl methyl sites for hydroxylation is 1. The summed E-state index contributed by atoms with van der Waals surface area (Å²) in [6.45, 7) is 2.74. The molecule has 0 bridgehead atoms. The van der Waals surface area contributed by atoms with E-state index in [2.05, 4.69) is 4.98 Å². The van der Waals surface area contributed by atoms with Crippen molar-refractivity contribution in [1.82, 2.24) is 14.5 Å². The van der Waals surface area contributed by atoms with Gasteiger partial charge in [-0.15, -0.1) is 0 Å². The number of ether oxygens (including phenoxy) is 1. The zero-order valence-corrected chi connectivity index (χ0v) is 18.2. The molecule has 2 heterocycles. The van der Waals surface area contributed by atoms with E-state index in [-0.39, 0.29) is 5.56 Å². The number of benzene rings is 2. The van der Waals surface area contributed by atoms with Gasteiger partial charge in [-0.2, -0.15) is 0 Å². The van der Waals surface area contributed by atoms with Crippen LogP contribution < -0.4 is 5.56 Å². The maximum atomic E-state index is 13.0. The first-order valence-electron chi connectivity index (χ1n) is 9.40. The van der Waals surface area contributed by atoms with Crippen LogP contribution in [0.1, 0.15) is 11.5 Å². The van der Waals surface area contributed by atoms with Gasteiger partial charge < -0.3 is 9.15 Å². The topological polar surface area (TPSA) is 70.2 Å². The minimum Gasteiger partial charge on any atom is -0.441 e. The maximum absolute atomic E-state index is 13.0. The number of para-hydroxylation sites is 1. The van der Waals surface area contributed by atoms with E-state index < -0.39 is 0 Å². The summed E-state index contributed by atoms with van der Waals surface area (Å²) in [6.07, 6.45) is 0. The van der Waals surface area contributed by atoms with Crippen LogP contribution in [0.15, 0.2) is 62.9 Å². The van der Waals surface area contributed by atoms with Gasteiger partial charge in [0.25, 0.3) is 5.56 Å². The lowest BCUT2D eigenvalue weighted by Gasteiger charge is -2.12. The summed E-state index contributed by atoms with van der Waals surface area (Å²) < 4.78 is 12.7. The number of hydrogen-bond acceptors (Lipinski definition) is 6. The molecule has 30 heavy (non-hydrogen) atoms. The first kappa shape index (κ1) is 20.7. The largest absolute Gasteiger partial charge is 0.441 e. The Kier molecular flexibility index (Phi) is 6.22. The molecule has 0 atom stereocenters. The molecule has 2 aromatic carbocycles. The summed E-state index contributed by atoms with van der Waals surface area (Å²) in [6, 6.07) is 14.7. The van der Waals surface area contributed by atoms with Crippen LogP contribution >= 0.6 is 23.4 Å². The molecular weight excluding hydrogens is 422 g/mol. The molecule has 0 fully saturated rings. The lowest BCUT2D eigenvalue weighted by atomic mass is 10.2. The number of oxazole rings is 1. The lowest BCUT2D eigenvalue weighted by Crippen LogP contribution is -2.25. The van der Waals surface area contributed by atoms with Crippen LogP contribution in [0.25, 0.3) is 22.4 Å². The van der Waals surface area contributed by atoms with Gasteiger partial charge in [-0.25, -0.2) is 9.97 Å². The maximum Gasteiger partial charge on any atom is 0.262 e. The molecule has 4 aromatic rings. The zero-order chi connectivity index (χ0) is 21.1. The summed E-state index contributed by atoms with van der Waals surface area (Å²) in [4.78, 5) is 22.3. The molecule has 0 unspecified atom stereocenters. The molecular formula is C22H20ClN3O3S. The monoisotopic (exact) mass is 441 g/mol. The van der Waals surface area contributed by atoms with Gasteiger partial charge in [0.15, 0.2) is 5.16 Å². The Bertz CT molecular complexity index is 1230. The average molecular weight is 442 g/mol. The number of fused-ring (bicyclic) bond motifs is 1. The van der Waals surface area contributed by atoms with E-state index in [1.807, 2.05) is 37.3 Å². The van der Waals surface area contributed by atoms with Crippen molar-refractivity contribution in [1.29, 1.82) is 0 Å². The Labute approximate surface area is 182 Å². The molecule has 2 aromatic heterocycles. The van der Waals surface area contributed by atoms with Crippen LogP contribution in [0, 0.1) is 6.92 Å². The van der Waals surface area contributed by atoms with Crippen molar-refractivity contribution in [2.24, 2.45) is 0 Å². The van der Waals surface area contributed by atoms with E-state index in [0.717, 1.165) is 17.0 Å². The molecule has 154 valence electrons. The van der Waals surface area contributed by atoms with Crippen LogP contribution in [-0.4, -0.2) is 28.3 Å². The van der Waals surface area contributed by atoms with Gasteiger partial charge in [-0.1, -0.05) is 35.5 Å². The van der Waals surface area contributed by atoms with Crippen LogP contribution in [-0.2, 0) is 17.0 Å². The van der Waals surface area contributed by atoms with Gasteiger partial charge in [-0.3, -0.25) is 9.36 Å². The molecule has 4 rings (SSSR count). The number of nitrogens with zero attached hydrogens (tertiary/aromatic N) is 3. The fourth-order valence-corrected chi connectivity index (χ4v) is 4.20. The molecule has 6 nitrogen and oxygen atoms in total. The highest BCUT2D eigenvalue weighted by Gasteiger charge is 2.15. The number of methoxy groups -OCH3 is 1. The highest BCUT2D eigenvalue weighted by atomic mass is 35.5. The Morgan fingerprint density at radius 3 is 2.67 bits per heavy atom. The smallest absolute Gasteiger partial charge is 0.262 e. The van der Waals surface area contributed by atoms with Crippen molar-refractivity contribution >= 4 is 34.3 Å². The van der Waals surface area contributed by atoms with E-state index in [1.54, 1.807) is 29.9 Å². The quantitative estimate of drug-likeness (QED) is 0.298. The zero-order valence-electron chi connectivity index (χ0n) is 16.6. The molecule has 0 saturated heterocycles. The van der Waals surface area contributed by atoms with E-state index in [0.29, 0.717) is 45.9 Å². The molecule has 0 aliphatic heterocycles. The highest BCUT2D eigenvalue weighted by molar-refractivity contribution is 7.98. The Hall–Kier alpha value is -2.61. The summed E-state index contributed by atoms with van der Waals surface area (Å²) >= 11 is 7.42. The highest BCUT2D eigenvalue weighted by Crippen LogP contribution is 2.28. The average Bonchev–Trinajstić information content (AvgIpc) is 3.13. The van der Waals surface area contributed by atoms with Crippen LogP contribution in [0.5, 0.6) is 0 Å². The standard InChI is InChI=1S/C22H20ClN3O3S/c1-14-19(24-20(29-14)15-7-9-16(23)10-8-15)13-30-22-25-18-6-4-3-5-17(18)21(27)26(22)11-12-28-2/h3-10H,11-13H2,1-2H3. The van der Waals surface area contributed by atoms with Gasteiger partial charge in [0.1, 0.15) is 5.76 Å². The second-order valence-corrected chi connectivity index (χ2v) is 8.06. The fraction of sp³-hybridized carbons (Fsp3) is 0.227. The Balaban J connectivity index is 1.63. The van der Waals surface area contributed by atoms with Gasteiger partial charge in [0.05, 0.1) is 29.7 Å².